The summed E-state index contributed by atoms with van der Waals surface area (Å²) < 4.78 is 26.1. The Morgan fingerprint density at radius 2 is 1.93 bits per heavy atom. The molecule has 7 nitrogen and oxygen atoms in total. The van der Waals surface area contributed by atoms with Crippen molar-refractivity contribution in [2.24, 2.45) is 5.92 Å². The monoisotopic (exact) mass is 561 g/mol. The van der Waals surface area contributed by atoms with Crippen LogP contribution in [0.5, 0.6) is 0 Å². The number of nitrogens with zero attached hydrogens (tertiary/aromatic N) is 3. The number of rotatable bonds is 8. The Labute approximate surface area is 239 Å². The van der Waals surface area contributed by atoms with E-state index < -0.39 is 8.32 Å². The summed E-state index contributed by atoms with van der Waals surface area (Å²) in [6.07, 6.45) is 9.01. The van der Waals surface area contributed by atoms with Crippen LogP contribution in [0.4, 0.5) is 0 Å². The predicted molar refractivity (Wildman–Crippen MR) is 158 cm³/mol. The van der Waals surface area contributed by atoms with Gasteiger partial charge in [-0.15, -0.1) is 0 Å². The van der Waals surface area contributed by atoms with Crippen LogP contribution in [0, 0.1) is 17.8 Å². The quantitative estimate of drug-likeness (QED) is 0.212. The molecule has 0 radical (unpaired) electrons. The molecule has 214 valence electrons. The van der Waals surface area contributed by atoms with E-state index in [4.69, 9.17) is 18.4 Å². The molecule has 2 aliphatic rings. The summed E-state index contributed by atoms with van der Waals surface area (Å²) in [5, 5.41) is 4.55. The number of benzene rings is 1. The Morgan fingerprint density at radius 1 is 1.15 bits per heavy atom. The van der Waals surface area contributed by atoms with Gasteiger partial charge in [-0.3, -0.25) is 0 Å². The molecule has 0 spiro atoms. The fourth-order valence-corrected chi connectivity index (χ4v) is 6.27. The topological polar surface area (TPSA) is 71.5 Å². The summed E-state index contributed by atoms with van der Waals surface area (Å²) in [7, 11) is -1.70. The highest BCUT2D eigenvalue weighted by atomic mass is 28.4. The van der Waals surface area contributed by atoms with E-state index in [2.05, 4.69) is 60.4 Å². The largest absolute Gasteiger partial charge is 0.414 e. The number of hydrogen-bond acceptors (Lipinski definition) is 6. The molecular formula is C32H43N3O4Si. The Kier molecular flexibility index (Phi) is 8.67. The van der Waals surface area contributed by atoms with Gasteiger partial charge >= 0.3 is 0 Å². The van der Waals surface area contributed by atoms with Gasteiger partial charge in [0, 0.05) is 48.2 Å². The van der Waals surface area contributed by atoms with Crippen molar-refractivity contribution in [3.8, 4) is 23.2 Å². The van der Waals surface area contributed by atoms with Crippen molar-refractivity contribution in [2.45, 2.75) is 103 Å². The third-order valence-electron chi connectivity index (χ3n) is 8.45. The van der Waals surface area contributed by atoms with E-state index >= 15 is 0 Å². The molecule has 5 rings (SSSR count). The van der Waals surface area contributed by atoms with E-state index in [1.54, 1.807) is 6.20 Å². The van der Waals surface area contributed by atoms with Gasteiger partial charge in [0.25, 0.3) is 0 Å². The van der Waals surface area contributed by atoms with Crippen molar-refractivity contribution in [1.82, 2.24) is 14.7 Å². The van der Waals surface area contributed by atoms with Gasteiger partial charge in [0.1, 0.15) is 17.6 Å². The van der Waals surface area contributed by atoms with Crippen molar-refractivity contribution >= 4 is 8.32 Å². The van der Waals surface area contributed by atoms with Gasteiger partial charge in [-0.2, -0.15) is 0 Å². The lowest BCUT2D eigenvalue weighted by molar-refractivity contribution is -0.188. The van der Waals surface area contributed by atoms with Gasteiger partial charge in [0.05, 0.1) is 6.54 Å². The lowest BCUT2D eigenvalue weighted by Gasteiger charge is -2.43. The second-order valence-electron chi connectivity index (χ2n) is 12.7. The summed E-state index contributed by atoms with van der Waals surface area (Å²) in [6.45, 7) is 14.9. The molecule has 2 fully saturated rings. The van der Waals surface area contributed by atoms with Gasteiger partial charge in [-0.1, -0.05) is 37.8 Å². The zero-order valence-electron chi connectivity index (χ0n) is 24.8. The van der Waals surface area contributed by atoms with E-state index in [1.165, 1.54) is 0 Å². The Balaban J connectivity index is 1.14. The molecule has 1 aliphatic heterocycles. The highest BCUT2D eigenvalue weighted by Crippen LogP contribution is 2.41. The first-order valence-corrected chi connectivity index (χ1v) is 17.5. The lowest BCUT2D eigenvalue weighted by atomic mass is 9.83. The van der Waals surface area contributed by atoms with Crippen LogP contribution in [0.1, 0.15) is 83.0 Å². The molecule has 1 aliphatic carbocycles. The molecule has 1 saturated carbocycles. The zero-order chi connectivity index (χ0) is 28.3. The minimum absolute atomic E-state index is 0.160. The third kappa shape index (κ3) is 6.95. The smallest absolute Gasteiger partial charge is 0.192 e. The lowest BCUT2D eigenvalue weighted by Crippen LogP contribution is -2.47. The van der Waals surface area contributed by atoms with Crippen molar-refractivity contribution in [3.05, 3.63) is 59.8 Å². The number of aromatic nitrogens is 3. The molecule has 1 unspecified atom stereocenters. The highest BCUT2D eigenvalue weighted by molar-refractivity contribution is 6.74. The number of hydrogen-bond donors (Lipinski definition) is 0. The maximum absolute atomic E-state index is 6.51. The van der Waals surface area contributed by atoms with Crippen molar-refractivity contribution in [1.29, 1.82) is 0 Å². The summed E-state index contributed by atoms with van der Waals surface area (Å²) in [4.78, 5) is 4.53. The Morgan fingerprint density at radius 3 is 2.62 bits per heavy atom. The van der Waals surface area contributed by atoms with Gasteiger partial charge in [0.15, 0.2) is 20.4 Å². The zero-order valence-corrected chi connectivity index (χ0v) is 25.8. The predicted octanol–water partition coefficient (Wildman–Crippen LogP) is 7.34. The number of imidazole rings is 1. The minimum atomic E-state index is -1.70. The normalized spacial score (nSPS) is 22.3. The first kappa shape index (κ1) is 28.8. The van der Waals surface area contributed by atoms with E-state index in [0.29, 0.717) is 18.6 Å². The second kappa shape index (κ2) is 12.0. The first-order chi connectivity index (χ1) is 19.1. The fraction of sp³-hybridized carbons (Fsp3) is 0.562. The van der Waals surface area contributed by atoms with E-state index in [0.717, 1.165) is 67.1 Å². The van der Waals surface area contributed by atoms with Crippen LogP contribution < -0.4 is 0 Å². The maximum atomic E-state index is 6.51. The number of ether oxygens (including phenoxy) is 2. The molecular weight excluding hydrogens is 518 g/mol. The standard InChI is InChI=1S/C32H43N3O4Si/c1-23(37-30-9-7-8-18-36-30)31-33-16-17-35(31)22-27-21-29(38-34-27)26-14-12-24(13-15-26)10-11-25-19-28(20-25)39-40(5,6)32(2,3)4/h12-17,21,23,25,28,30H,7-9,18-20,22H2,1-6H3/t23-,25?,28?,30?/m0/s1. The van der Waals surface area contributed by atoms with Gasteiger partial charge in [-0.05, 0) is 81.4 Å². The minimum Gasteiger partial charge on any atom is -0.414 e. The SMILES string of the molecule is C[C@H](OC1CCCCO1)c1nccn1Cc1cc(-c2ccc(C#CC3CC(O[Si](C)(C)C(C)(C)C)C3)cc2)on1. The Bertz CT molecular complexity index is 1320. The van der Waals surface area contributed by atoms with E-state index in [1.807, 2.05) is 43.5 Å². The van der Waals surface area contributed by atoms with Crippen LogP contribution in [0.15, 0.2) is 47.2 Å². The first-order valence-electron chi connectivity index (χ1n) is 14.6. The fourth-order valence-electron chi connectivity index (χ4n) is 4.89. The van der Waals surface area contributed by atoms with E-state index in [-0.39, 0.29) is 17.4 Å². The summed E-state index contributed by atoms with van der Waals surface area (Å²) in [6, 6.07) is 10.2. The van der Waals surface area contributed by atoms with Crippen LogP contribution in [0.2, 0.25) is 18.1 Å². The van der Waals surface area contributed by atoms with Crippen molar-refractivity contribution in [2.75, 3.05) is 6.61 Å². The second-order valence-corrected chi connectivity index (χ2v) is 17.4. The maximum Gasteiger partial charge on any atom is 0.192 e. The average molecular weight is 562 g/mol. The summed E-state index contributed by atoms with van der Waals surface area (Å²) >= 11 is 0. The van der Waals surface area contributed by atoms with Gasteiger partial charge < -0.3 is 23.0 Å². The molecule has 0 bridgehead atoms. The summed E-state index contributed by atoms with van der Waals surface area (Å²) in [5.41, 5.74) is 2.82. The molecule has 0 N–H and O–H groups in total. The molecule has 0 amide bonds. The van der Waals surface area contributed by atoms with Crippen LogP contribution in [-0.4, -0.2) is 42.0 Å². The molecule has 3 aromatic rings. The van der Waals surface area contributed by atoms with Crippen LogP contribution >= 0.6 is 0 Å². The summed E-state index contributed by atoms with van der Waals surface area (Å²) in [5.74, 6) is 8.80. The van der Waals surface area contributed by atoms with Crippen LogP contribution in [0.25, 0.3) is 11.3 Å². The molecule has 8 heteroatoms. The van der Waals surface area contributed by atoms with Gasteiger partial charge in [-0.25, -0.2) is 4.98 Å². The van der Waals surface area contributed by atoms with Gasteiger partial charge in [0.2, 0.25) is 0 Å². The molecule has 2 atom stereocenters. The molecule has 1 saturated heterocycles. The third-order valence-corrected chi connectivity index (χ3v) is 13.0. The van der Waals surface area contributed by atoms with Crippen molar-refractivity contribution in [3.63, 3.8) is 0 Å². The molecule has 1 aromatic carbocycles. The molecule has 2 aromatic heterocycles. The van der Waals surface area contributed by atoms with E-state index in [9.17, 15) is 0 Å². The van der Waals surface area contributed by atoms with Crippen LogP contribution in [0.3, 0.4) is 0 Å². The molecule has 3 heterocycles. The van der Waals surface area contributed by atoms with Crippen LogP contribution in [-0.2, 0) is 20.4 Å². The molecule has 40 heavy (non-hydrogen) atoms. The highest BCUT2D eigenvalue weighted by Gasteiger charge is 2.42. The van der Waals surface area contributed by atoms with Crippen molar-refractivity contribution < 1.29 is 18.4 Å². The Hall–Kier alpha value is -2.70. The average Bonchev–Trinajstić information content (AvgIpc) is 3.56.